The minimum absolute atomic E-state index is 0.111. The molecule has 10 heteroatoms. The Morgan fingerprint density at radius 1 is 0.882 bits per heavy atom. The lowest BCUT2D eigenvalue weighted by Gasteiger charge is -2.25. The van der Waals surface area contributed by atoms with E-state index in [1.807, 2.05) is 24.3 Å². The maximum absolute atomic E-state index is 11.8. The minimum Gasteiger partial charge on any atom is -0.347 e. The molecule has 2 aliphatic carbocycles. The predicted octanol–water partition coefficient (Wildman–Crippen LogP) is 11.2. The fourth-order valence-electron chi connectivity index (χ4n) is 8.44. The SMILES string of the molecule is CC1=C(/C=C/C2=C(Cl)C(=C/C=C3/N(C)c4ccc5cc(S(=O)(=O)O)ccc5c4C3(C)C)CCC2)C(C)(C)c2c1ccc1cc(SOOO)ccc21. The normalized spacial score (nSPS) is 20.1. The van der Waals surface area contributed by atoms with E-state index in [0.717, 1.165) is 85.5 Å². The van der Waals surface area contributed by atoms with Crippen molar-refractivity contribution in [2.24, 2.45) is 0 Å². The Labute approximate surface area is 308 Å². The van der Waals surface area contributed by atoms with Gasteiger partial charge in [0.2, 0.25) is 0 Å². The number of rotatable bonds is 7. The number of fused-ring (bicyclic) bond motifs is 6. The molecule has 4 aromatic carbocycles. The number of allylic oxidation sites excluding steroid dienone is 10. The molecule has 0 spiro atoms. The van der Waals surface area contributed by atoms with E-state index in [4.69, 9.17) is 16.9 Å². The van der Waals surface area contributed by atoms with Crippen LogP contribution in [0.15, 0.2) is 122 Å². The van der Waals surface area contributed by atoms with Crippen LogP contribution in [0.25, 0.3) is 27.1 Å². The smallest absolute Gasteiger partial charge is 0.294 e. The molecule has 0 aromatic heterocycles. The number of anilines is 1. The van der Waals surface area contributed by atoms with Gasteiger partial charge < -0.3 is 4.90 Å². The summed E-state index contributed by atoms with van der Waals surface area (Å²) in [6.45, 7) is 11.1. The predicted molar refractivity (Wildman–Crippen MR) is 207 cm³/mol. The molecule has 0 saturated carbocycles. The van der Waals surface area contributed by atoms with E-state index in [-0.39, 0.29) is 15.7 Å². The topological polar surface area (TPSA) is 96.3 Å². The van der Waals surface area contributed by atoms with Crippen LogP contribution in [0.5, 0.6) is 0 Å². The third kappa shape index (κ3) is 6.08. The zero-order valence-corrected chi connectivity index (χ0v) is 31.8. The summed E-state index contributed by atoms with van der Waals surface area (Å²) in [5.74, 6) is 0. The van der Waals surface area contributed by atoms with Crippen molar-refractivity contribution in [2.45, 2.75) is 74.5 Å². The van der Waals surface area contributed by atoms with Crippen LogP contribution < -0.4 is 4.90 Å². The summed E-state index contributed by atoms with van der Waals surface area (Å²) in [4.78, 5) is 2.91. The first-order chi connectivity index (χ1) is 24.1. The van der Waals surface area contributed by atoms with Gasteiger partial charge in [-0.15, -0.1) is 4.33 Å². The summed E-state index contributed by atoms with van der Waals surface area (Å²) < 4.78 is 37.8. The molecule has 7 rings (SSSR count). The van der Waals surface area contributed by atoms with Gasteiger partial charge in [0.15, 0.2) is 0 Å². The molecular weight excluding hydrogens is 702 g/mol. The maximum atomic E-state index is 11.8. The minimum atomic E-state index is -4.30. The van der Waals surface area contributed by atoms with Gasteiger partial charge in [0.1, 0.15) is 0 Å². The highest BCUT2D eigenvalue weighted by Crippen LogP contribution is 2.52. The molecule has 1 aliphatic heterocycles. The van der Waals surface area contributed by atoms with Gasteiger partial charge in [-0.3, -0.25) is 4.55 Å². The van der Waals surface area contributed by atoms with E-state index in [9.17, 15) is 13.0 Å². The first kappa shape index (κ1) is 35.7. The van der Waals surface area contributed by atoms with Crippen LogP contribution in [0, 0.1) is 0 Å². The molecule has 0 fully saturated rings. The van der Waals surface area contributed by atoms with E-state index in [2.05, 4.69) is 98.4 Å². The third-order valence-corrected chi connectivity index (χ3v) is 12.8. The number of halogens is 1. The zero-order valence-electron chi connectivity index (χ0n) is 29.4. The van der Waals surface area contributed by atoms with Crippen molar-refractivity contribution in [2.75, 3.05) is 11.9 Å². The monoisotopic (exact) mass is 741 g/mol. The largest absolute Gasteiger partial charge is 0.347 e. The van der Waals surface area contributed by atoms with Crippen LogP contribution in [0.3, 0.4) is 0 Å². The van der Waals surface area contributed by atoms with Gasteiger partial charge in [0, 0.05) is 39.2 Å². The molecule has 2 N–H and O–H groups in total. The molecule has 0 atom stereocenters. The van der Waals surface area contributed by atoms with Crippen molar-refractivity contribution in [1.29, 1.82) is 0 Å². The Kier molecular flexibility index (Phi) is 9.16. The van der Waals surface area contributed by atoms with Crippen molar-refractivity contribution < 1.29 is 27.6 Å². The molecule has 0 amide bonds. The quantitative estimate of drug-likeness (QED) is 0.0836. The fraction of sp³-hybridized carbons (Fsp3) is 0.268. The molecule has 0 unspecified atom stereocenters. The molecular formula is C41H40ClNO6S2. The summed E-state index contributed by atoms with van der Waals surface area (Å²) in [5.41, 5.74) is 9.97. The van der Waals surface area contributed by atoms with E-state index >= 15 is 0 Å². The summed E-state index contributed by atoms with van der Waals surface area (Å²) >= 11 is 8.12. The Bertz CT molecular complexity index is 2400. The zero-order chi connectivity index (χ0) is 36.5. The highest BCUT2D eigenvalue weighted by molar-refractivity contribution is 7.94. The third-order valence-electron chi connectivity index (χ3n) is 10.9. The Hall–Kier alpha value is -3.67. The molecule has 0 radical (unpaired) electrons. The lowest BCUT2D eigenvalue weighted by Crippen LogP contribution is -2.22. The summed E-state index contributed by atoms with van der Waals surface area (Å²) in [5, 5.41) is 17.1. The van der Waals surface area contributed by atoms with Gasteiger partial charge in [-0.1, -0.05) is 92.9 Å². The molecule has 51 heavy (non-hydrogen) atoms. The number of hydrogen-bond donors (Lipinski definition) is 2. The van der Waals surface area contributed by atoms with Gasteiger partial charge in [-0.05, 0) is 123 Å². The van der Waals surface area contributed by atoms with E-state index in [0.29, 0.717) is 0 Å². The molecule has 264 valence electrons. The van der Waals surface area contributed by atoms with Gasteiger partial charge in [0.25, 0.3) is 10.1 Å². The first-order valence-corrected chi connectivity index (χ1v) is 19.4. The number of likely N-dealkylation sites (N-methyl/N-ethyl adjacent to an activating group) is 1. The Morgan fingerprint density at radius 2 is 1.59 bits per heavy atom. The highest BCUT2D eigenvalue weighted by atomic mass is 35.5. The van der Waals surface area contributed by atoms with Crippen LogP contribution in [0.1, 0.15) is 70.6 Å². The fourth-order valence-corrected chi connectivity index (χ4v) is 9.68. The summed E-state index contributed by atoms with van der Waals surface area (Å²) in [7, 11) is -2.24. The van der Waals surface area contributed by atoms with E-state index < -0.39 is 10.1 Å². The average molecular weight is 742 g/mol. The number of nitrogens with zero attached hydrogens (tertiary/aromatic N) is 1. The first-order valence-electron chi connectivity index (χ1n) is 16.8. The lowest BCUT2D eigenvalue weighted by atomic mass is 9.78. The second kappa shape index (κ2) is 13.1. The Balaban J connectivity index is 1.19. The van der Waals surface area contributed by atoms with Crippen molar-refractivity contribution in [3.8, 4) is 0 Å². The standard InChI is InChI=1S/C41H40ClNO6S2/c1-24-31-16-10-27-22-29(50-49-48-44)14-17-32(27)37(31)40(2,3)34(24)19-11-25-8-7-9-26(39(25)42)13-21-36-41(4,5)38-33-18-15-30(51(45,46)47)23-28(33)12-20-35(38)43(36)6/h10-23,44H,7-9H2,1-6H3,(H,45,46,47)/b19-11+,26-13?,36-21+. The van der Waals surface area contributed by atoms with Crippen LogP contribution in [-0.4, -0.2) is 25.3 Å². The second-order valence-electron chi connectivity index (χ2n) is 14.5. The van der Waals surface area contributed by atoms with Crippen molar-refractivity contribution in [1.82, 2.24) is 0 Å². The van der Waals surface area contributed by atoms with E-state index in [1.54, 1.807) is 6.07 Å². The van der Waals surface area contributed by atoms with Gasteiger partial charge in [0.05, 0.1) is 16.9 Å². The van der Waals surface area contributed by atoms with E-state index in [1.165, 1.54) is 39.8 Å². The molecule has 3 aliphatic rings. The van der Waals surface area contributed by atoms with Crippen molar-refractivity contribution in [3.63, 3.8) is 0 Å². The highest BCUT2D eigenvalue weighted by Gasteiger charge is 2.40. The lowest BCUT2D eigenvalue weighted by molar-refractivity contribution is -0.432. The van der Waals surface area contributed by atoms with Crippen molar-refractivity contribution >= 4 is 66.6 Å². The van der Waals surface area contributed by atoms with Gasteiger partial charge in [-0.25, -0.2) is 5.26 Å². The van der Waals surface area contributed by atoms with Gasteiger partial charge >= 0.3 is 0 Å². The molecule has 1 heterocycles. The molecule has 0 saturated heterocycles. The van der Waals surface area contributed by atoms with Crippen LogP contribution in [-0.2, 0) is 30.3 Å². The van der Waals surface area contributed by atoms with Crippen LogP contribution in [0.4, 0.5) is 5.69 Å². The molecule has 0 bridgehead atoms. The average Bonchev–Trinajstić information content (AvgIpc) is 3.41. The second-order valence-corrected chi connectivity index (χ2v) is 17.1. The molecule has 7 nitrogen and oxygen atoms in total. The maximum Gasteiger partial charge on any atom is 0.294 e. The summed E-state index contributed by atoms with van der Waals surface area (Å²) in [6, 6.07) is 19.1. The Morgan fingerprint density at radius 3 is 2.33 bits per heavy atom. The number of hydrogen-bond acceptors (Lipinski definition) is 7. The van der Waals surface area contributed by atoms with Crippen LogP contribution >= 0.6 is 23.6 Å². The summed E-state index contributed by atoms with van der Waals surface area (Å²) in [6.07, 6.45) is 11.6. The van der Waals surface area contributed by atoms with Crippen LogP contribution in [0.2, 0.25) is 0 Å². The number of benzene rings is 4. The van der Waals surface area contributed by atoms with Gasteiger partial charge in [-0.2, -0.15) is 8.42 Å². The molecule has 4 aromatic rings. The van der Waals surface area contributed by atoms with Crippen molar-refractivity contribution in [3.05, 3.63) is 129 Å².